The zero-order valence-corrected chi connectivity index (χ0v) is 19.9. The van der Waals surface area contributed by atoms with Crippen LogP contribution < -0.4 is 10.6 Å². The van der Waals surface area contributed by atoms with Crippen molar-refractivity contribution in [1.82, 2.24) is 4.90 Å². The number of nitrogens with two attached hydrogens (primary N) is 1. The maximum absolute atomic E-state index is 13.7. The lowest BCUT2D eigenvalue weighted by Gasteiger charge is -2.32. The first kappa shape index (κ1) is 25.3. The Bertz CT molecular complexity index is 1090. The highest BCUT2D eigenvalue weighted by Gasteiger charge is 2.35. The highest BCUT2D eigenvalue weighted by Crippen LogP contribution is 2.39. The Morgan fingerprint density at radius 3 is 1.97 bits per heavy atom. The van der Waals surface area contributed by atoms with Crippen molar-refractivity contribution in [1.29, 1.82) is 0 Å². The van der Waals surface area contributed by atoms with Gasteiger partial charge in [0.2, 0.25) is 5.91 Å². The number of carbonyl (C=O) groups excluding carboxylic acids is 1. The number of carbonyl (C=O) groups is 2. The van der Waals surface area contributed by atoms with Crippen molar-refractivity contribution < 1.29 is 14.7 Å². The van der Waals surface area contributed by atoms with Crippen LogP contribution in [0.15, 0.2) is 84.9 Å². The molecule has 7 heteroatoms. The predicted octanol–water partition coefficient (Wildman–Crippen LogP) is 4.68. The number of anilines is 1. The van der Waals surface area contributed by atoms with E-state index in [-0.39, 0.29) is 37.3 Å². The van der Waals surface area contributed by atoms with Crippen molar-refractivity contribution in [2.45, 2.75) is 37.4 Å². The molecule has 3 atom stereocenters. The Kier molecular flexibility index (Phi) is 8.31. The summed E-state index contributed by atoms with van der Waals surface area (Å²) in [7, 11) is 1.70. The number of hydrogen-bond acceptors (Lipinski definition) is 3. The average Bonchev–Trinajstić information content (AvgIpc) is 3.58. The molecule has 2 amide bonds. The van der Waals surface area contributed by atoms with Crippen LogP contribution in [0.1, 0.15) is 29.0 Å². The van der Waals surface area contributed by atoms with Crippen LogP contribution in [0.5, 0.6) is 0 Å². The highest BCUT2D eigenvalue weighted by molar-refractivity contribution is 5.98. The second-order valence-electron chi connectivity index (χ2n) is 8.60. The first-order valence-corrected chi connectivity index (χ1v) is 11.1. The number of likely N-dealkylation sites (N-methyl/N-ethyl adjacent to an activating group) is 1. The molecule has 1 aliphatic carbocycles. The van der Waals surface area contributed by atoms with Crippen molar-refractivity contribution in [3.05, 3.63) is 102 Å². The monoisotopic (exact) mass is 479 g/mol. The predicted molar refractivity (Wildman–Crippen MR) is 136 cm³/mol. The molecule has 0 saturated heterocycles. The molecule has 0 aliphatic heterocycles. The molecule has 34 heavy (non-hydrogen) atoms. The summed E-state index contributed by atoms with van der Waals surface area (Å²) in [6.07, 6.45) is 0.151. The second-order valence-corrected chi connectivity index (χ2v) is 8.60. The average molecular weight is 480 g/mol. The van der Waals surface area contributed by atoms with E-state index >= 15 is 0 Å². The van der Waals surface area contributed by atoms with E-state index in [0.717, 1.165) is 23.2 Å². The number of hydrogen-bond donors (Lipinski definition) is 2. The lowest BCUT2D eigenvalue weighted by atomic mass is 10.0. The molecule has 0 aromatic heterocycles. The minimum atomic E-state index is -1.13. The summed E-state index contributed by atoms with van der Waals surface area (Å²) in [5.74, 6) is 0.118. The van der Waals surface area contributed by atoms with Gasteiger partial charge in [-0.05, 0) is 35.2 Å². The van der Waals surface area contributed by atoms with E-state index in [1.807, 2.05) is 84.9 Å². The lowest BCUT2D eigenvalue weighted by molar-refractivity contribution is -0.123. The number of benzene rings is 3. The van der Waals surface area contributed by atoms with Crippen LogP contribution in [0.2, 0.25) is 0 Å². The summed E-state index contributed by atoms with van der Waals surface area (Å²) < 4.78 is 0. The first-order chi connectivity index (χ1) is 15.9. The van der Waals surface area contributed by atoms with Gasteiger partial charge in [0.25, 0.3) is 0 Å². The molecule has 0 heterocycles. The van der Waals surface area contributed by atoms with Gasteiger partial charge in [-0.15, -0.1) is 12.4 Å². The van der Waals surface area contributed by atoms with Crippen LogP contribution in [0, 0.1) is 0 Å². The normalized spacial score (nSPS) is 17.2. The summed E-state index contributed by atoms with van der Waals surface area (Å²) in [4.78, 5) is 28.7. The smallest absolute Gasteiger partial charge is 0.408 e. The van der Waals surface area contributed by atoms with Gasteiger partial charge in [0.15, 0.2) is 0 Å². The fourth-order valence-electron chi connectivity index (χ4n) is 4.15. The quantitative estimate of drug-likeness (QED) is 0.491. The van der Waals surface area contributed by atoms with E-state index in [0.29, 0.717) is 5.92 Å². The van der Waals surface area contributed by atoms with Gasteiger partial charge in [0.05, 0.1) is 0 Å². The van der Waals surface area contributed by atoms with Crippen LogP contribution in [0.3, 0.4) is 0 Å². The van der Waals surface area contributed by atoms with Gasteiger partial charge < -0.3 is 15.7 Å². The highest BCUT2D eigenvalue weighted by atomic mass is 35.5. The minimum Gasteiger partial charge on any atom is -0.465 e. The Labute approximate surface area is 206 Å². The van der Waals surface area contributed by atoms with Crippen molar-refractivity contribution in [2.24, 2.45) is 5.73 Å². The number of nitrogens with zero attached hydrogens (tertiary/aromatic N) is 2. The molecule has 3 aromatic rings. The largest absolute Gasteiger partial charge is 0.465 e. The molecule has 0 spiro atoms. The Morgan fingerprint density at radius 1 is 0.941 bits per heavy atom. The Hall–Kier alpha value is -3.35. The van der Waals surface area contributed by atoms with Crippen LogP contribution in [-0.4, -0.2) is 41.1 Å². The SMILES string of the molecule is CN(C(=O)C(Cc1ccccc1)N(Cc1ccccc1)C(=O)O)c1ccc([C@@H]2C[C@H]2N)cc1.Cl. The fourth-order valence-corrected chi connectivity index (χ4v) is 4.15. The van der Waals surface area contributed by atoms with Crippen molar-refractivity contribution in [2.75, 3.05) is 11.9 Å². The molecular weight excluding hydrogens is 450 g/mol. The van der Waals surface area contributed by atoms with Gasteiger partial charge in [-0.1, -0.05) is 72.8 Å². The Morgan fingerprint density at radius 2 is 1.47 bits per heavy atom. The van der Waals surface area contributed by atoms with Gasteiger partial charge in [0, 0.05) is 37.7 Å². The van der Waals surface area contributed by atoms with Gasteiger partial charge in [-0.25, -0.2) is 4.79 Å². The van der Waals surface area contributed by atoms with Crippen molar-refractivity contribution in [3.8, 4) is 0 Å². The molecule has 1 fully saturated rings. The second kappa shape index (κ2) is 11.2. The van der Waals surface area contributed by atoms with Gasteiger partial charge in [-0.2, -0.15) is 0 Å². The molecule has 1 aliphatic rings. The summed E-state index contributed by atoms with van der Waals surface area (Å²) in [6.45, 7) is 0.131. The summed E-state index contributed by atoms with van der Waals surface area (Å²) in [5, 5.41) is 10.1. The van der Waals surface area contributed by atoms with Crippen LogP contribution in [0.4, 0.5) is 10.5 Å². The van der Waals surface area contributed by atoms with Gasteiger partial charge in [0.1, 0.15) is 6.04 Å². The zero-order chi connectivity index (χ0) is 23.4. The first-order valence-electron chi connectivity index (χ1n) is 11.1. The van der Waals surface area contributed by atoms with E-state index in [1.165, 1.54) is 10.5 Å². The number of rotatable bonds is 8. The molecule has 6 nitrogen and oxygen atoms in total. The maximum Gasteiger partial charge on any atom is 0.408 e. The van der Waals surface area contributed by atoms with E-state index in [4.69, 9.17) is 5.73 Å². The van der Waals surface area contributed by atoms with Crippen molar-refractivity contribution >= 4 is 30.1 Å². The molecule has 4 rings (SSSR count). The molecule has 178 valence electrons. The van der Waals surface area contributed by atoms with E-state index in [2.05, 4.69) is 0 Å². The lowest BCUT2D eigenvalue weighted by Crippen LogP contribution is -2.50. The van der Waals surface area contributed by atoms with E-state index in [9.17, 15) is 14.7 Å². The van der Waals surface area contributed by atoms with Crippen LogP contribution in [-0.2, 0) is 17.8 Å². The minimum absolute atomic E-state index is 0. The molecule has 1 saturated carbocycles. The number of amides is 2. The molecule has 0 bridgehead atoms. The third-order valence-corrected chi connectivity index (χ3v) is 6.25. The number of halogens is 1. The molecule has 3 aromatic carbocycles. The molecule has 0 radical (unpaired) electrons. The van der Waals surface area contributed by atoms with Gasteiger partial charge >= 0.3 is 6.09 Å². The zero-order valence-electron chi connectivity index (χ0n) is 19.1. The van der Waals surface area contributed by atoms with Gasteiger partial charge in [-0.3, -0.25) is 9.69 Å². The van der Waals surface area contributed by atoms with Crippen LogP contribution >= 0.6 is 12.4 Å². The standard InChI is InChI=1S/C27H29N3O3.ClH/c1-29(22-14-12-21(13-15-22)23-17-24(23)28)26(31)25(16-19-8-4-2-5-9-19)30(27(32)33)18-20-10-6-3-7-11-20;/h2-15,23-25H,16-18,28H2,1H3,(H,32,33);1H/t23-,24+,25?;/m0./s1. The fraction of sp³-hybridized carbons (Fsp3) is 0.259. The summed E-state index contributed by atoms with van der Waals surface area (Å²) in [6, 6.07) is 26.0. The Balaban J connectivity index is 0.00000324. The number of carboxylic acid groups (broad SMARTS) is 1. The topological polar surface area (TPSA) is 86.9 Å². The van der Waals surface area contributed by atoms with E-state index in [1.54, 1.807) is 11.9 Å². The molecular formula is C27H30ClN3O3. The third kappa shape index (κ3) is 5.95. The third-order valence-electron chi connectivity index (χ3n) is 6.25. The molecule has 3 N–H and O–H groups in total. The van der Waals surface area contributed by atoms with E-state index < -0.39 is 12.1 Å². The summed E-state index contributed by atoms with van der Waals surface area (Å²) in [5.41, 5.74) is 9.59. The van der Waals surface area contributed by atoms with Crippen LogP contribution in [0.25, 0.3) is 0 Å². The maximum atomic E-state index is 13.7. The molecule has 1 unspecified atom stereocenters. The summed E-state index contributed by atoms with van der Waals surface area (Å²) >= 11 is 0. The van der Waals surface area contributed by atoms with Crippen molar-refractivity contribution in [3.63, 3.8) is 0 Å².